The molecule has 96 valence electrons. The van der Waals surface area contributed by atoms with E-state index in [1.165, 1.54) is 17.5 Å². The fourth-order valence-corrected chi connectivity index (χ4v) is 2.20. The third-order valence-electron chi connectivity index (χ3n) is 3.42. The molecule has 0 saturated heterocycles. The predicted molar refractivity (Wildman–Crippen MR) is 73.6 cm³/mol. The van der Waals surface area contributed by atoms with Gasteiger partial charge in [-0.15, -0.1) is 0 Å². The molecular formula is C15H25NO. The summed E-state index contributed by atoms with van der Waals surface area (Å²) < 4.78 is 5.31. The van der Waals surface area contributed by atoms with E-state index in [4.69, 9.17) is 4.74 Å². The zero-order valence-electron chi connectivity index (χ0n) is 11.7. The Kier molecular flexibility index (Phi) is 5.49. The van der Waals surface area contributed by atoms with Crippen LogP contribution in [0.4, 0.5) is 0 Å². The Morgan fingerprint density at radius 1 is 1.29 bits per heavy atom. The van der Waals surface area contributed by atoms with E-state index in [0.717, 1.165) is 12.3 Å². The summed E-state index contributed by atoms with van der Waals surface area (Å²) in [4.78, 5) is 0. The van der Waals surface area contributed by atoms with Crippen LogP contribution in [-0.4, -0.2) is 13.7 Å². The van der Waals surface area contributed by atoms with E-state index < -0.39 is 0 Å². The second-order valence-corrected chi connectivity index (χ2v) is 4.65. The van der Waals surface area contributed by atoms with Gasteiger partial charge in [-0.2, -0.15) is 0 Å². The van der Waals surface area contributed by atoms with Gasteiger partial charge >= 0.3 is 0 Å². The van der Waals surface area contributed by atoms with E-state index in [0.29, 0.717) is 12.0 Å². The van der Waals surface area contributed by atoms with Gasteiger partial charge in [0.2, 0.25) is 0 Å². The number of benzene rings is 1. The Balaban J connectivity index is 2.98. The van der Waals surface area contributed by atoms with Gasteiger partial charge in [0.25, 0.3) is 0 Å². The molecule has 2 nitrogen and oxygen atoms in total. The predicted octanol–water partition coefficient (Wildman–Crippen LogP) is 3.70. The Bertz CT molecular complexity index is 349. The van der Waals surface area contributed by atoms with Crippen molar-refractivity contribution in [3.05, 3.63) is 29.3 Å². The highest BCUT2D eigenvalue weighted by Gasteiger charge is 2.17. The van der Waals surface area contributed by atoms with Gasteiger partial charge in [0, 0.05) is 6.04 Å². The summed E-state index contributed by atoms with van der Waals surface area (Å²) in [5, 5.41) is 3.57. The second kappa shape index (κ2) is 6.65. The molecule has 0 aliphatic rings. The molecule has 0 spiro atoms. The van der Waals surface area contributed by atoms with Crippen molar-refractivity contribution >= 4 is 0 Å². The zero-order chi connectivity index (χ0) is 12.8. The SMILES string of the molecule is CCNC(c1ccc(OC)c(C)c1)C(C)CC. The lowest BCUT2D eigenvalue weighted by Crippen LogP contribution is -2.26. The molecular weight excluding hydrogens is 210 g/mol. The molecule has 1 aromatic carbocycles. The molecule has 2 heteroatoms. The van der Waals surface area contributed by atoms with Crippen LogP contribution >= 0.6 is 0 Å². The molecule has 0 heterocycles. The zero-order valence-corrected chi connectivity index (χ0v) is 11.7. The topological polar surface area (TPSA) is 21.3 Å². The summed E-state index contributed by atoms with van der Waals surface area (Å²) in [7, 11) is 1.72. The summed E-state index contributed by atoms with van der Waals surface area (Å²) in [6.45, 7) is 9.80. The lowest BCUT2D eigenvalue weighted by molar-refractivity contribution is 0.381. The van der Waals surface area contributed by atoms with Gasteiger partial charge in [-0.25, -0.2) is 0 Å². The number of aryl methyl sites for hydroxylation is 1. The molecule has 0 aromatic heterocycles. The smallest absolute Gasteiger partial charge is 0.121 e. The van der Waals surface area contributed by atoms with Crippen molar-refractivity contribution < 1.29 is 4.74 Å². The maximum atomic E-state index is 5.31. The van der Waals surface area contributed by atoms with Crippen molar-refractivity contribution in [3.63, 3.8) is 0 Å². The van der Waals surface area contributed by atoms with Crippen LogP contribution < -0.4 is 10.1 Å². The largest absolute Gasteiger partial charge is 0.496 e. The maximum absolute atomic E-state index is 5.31. The third-order valence-corrected chi connectivity index (χ3v) is 3.42. The van der Waals surface area contributed by atoms with Crippen molar-refractivity contribution in [1.82, 2.24) is 5.32 Å². The van der Waals surface area contributed by atoms with E-state index in [2.05, 4.69) is 51.2 Å². The first-order chi connectivity index (χ1) is 8.13. The molecule has 2 atom stereocenters. The van der Waals surface area contributed by atoms with Crippen molar-refractivity contribution in [2.75, 3.05) is 13.7 Å². The Labute approximate surface area is 105 Å². The van der Waals surface area contributed by atoms with E-state index in [-0.39, 0.29) is 0 Å². The quantitative estimate of drug-likeness (QED) is 0.811. The normalized spacial score (nSPS) is 14.4. The molecule has 1 aromatic rings. The van der Waals surface area contributed by atoms with Crippen molar-refractivity contribution in [2.45, 2.75) is 40.2 Å². The van der Waals surface area contributed by atoms with Crippen LogP contribution in [0.25, 0.3) is 0 Å². The first-order valence-electron chi connectivity index (χ1n) is 6.51. The molecule has 0 fully saturated rings. The fraction of sp³-hybridized carbons (Fsp3) is 0.600. The molecule has 0 amide bonds. The number of rotatable bonds is 6. The Morgan fingerprint density at radius 3 is 2.47 bits per heavy atom. The van der Waals surface area contributed by atoms with Crippen LogP contribution in [0.5, 0.6) is 5.75 Å². The van der Waals surface area contributed by atoms with Gasteiger partial charge in [-0.05, 0) is 36.6 Å². The molecule has 2 unspecified atom stereocenters. The highest BCUT2D eigenvalue weighted by molar-refractivity contribution is 5.37. The van der Waals surface area contributed by atoms with E-state index in [1.807, 2.05) is 0 Å². The van der Waals surface area contributed by atoms with Gasteiger partial charge in [-0.1, -0.05) is 39.3 Å². The minimum Gasteiger partial charge on any atom is -0.496 e. The van der Waals surface area contributed by atoms with Crippen molar-refractivity contribution in [3.8, 4) is 5.75 Å². The van der Waals surface area contributed by atoms with Crippen LogP contribution in [0.15, 0.2) is 18.2 Å². The average molecular weight is 235 g/mol. The Hall–Kier alpha value is -1.02. The van der Waals surface area contributed by atoms with Crippen LogP contribution in [0, 0.1) is 12.8 Å². The van der Waals surface area contributed by atoms with Gasteiger partial charge in [0.1, 0.15) is 5.75 Å². The monoisotopic (exact) mass is 235 g/mol. The molecule has 0 radical (unpaired) electrons. The molecule has 1 rings (SSSR count). The van der Waals surface area contributed by atoms with E-state index in [1.54, 1.807) is 7.11 Å². The number of nitrogens with one attached hydrogen (secondary N) is 1. The van der Waals surface area contributed by atoms with Gasteiger partial charge < -0.3 is 10.1 Å². The molecule has 0 aliphatic carbocycles. The highest BCUT2D eigenvalue weighted by Crippen LogP contribution is 2.28. The number of hydrogen-bond donors (Lipinski definition) is 1. The molecule has 1 N–H and O–H groups in total. The third kappa shape index (κ3) is 3.47. The molecule has 17 heavy (non-hydrogen) atoms. The van der Waals surface area contributed by atoms with Crippen molar-refractivity contribution in [2.24, 2.45) is 5.92 Å². The van der Waals surface area contributed by atoms with Crippen LogP contribution in [0.2, 0.25) is 0 Å². The first-order valence-corrected chi connectivity index (χ1v) is 6.51. The minimum atomic E-state index is 0.439. The number of hydrogen-bond acceptors (Lipinski definition) is 2. The Morgan fingerprint density at radius 2 is 2.00 bits per heavy atom. The fourth-order valence-electron chi connectivity index (χ4n) is 2.20. The average Bonchev–Trinajstić information content (AvgIpc) is 2.35. The van der Waals surface area contributed by atoms with Crippen LogP contribution in [0.1, 0.15) is 44.4 Å². The van der Waals surface area contributed by atoms with Gasteiger partial charge in [0.15, 0.2) is 0 Å². The molecule has 0 aliphatic heterocycles. The minimum absolute atomic E-state index is 0.439. The van der Waals surface area contributed by atoms with Crippen LogP contribution in [0.3, 0.4) is 0 Å². The van der Waals surface area contributed by atoms with Gasteiger partial charge in [-0.3, -0.25) is 0 Å². The summed E-state index contributed by atoms with van der Waals surface area (Å²) in [5.74, 6) is 1.61. The second-order valence-electron chi connectivity index (χ2n) is 4.65. The lowest BCUT2D eigenvalue weighted by atomic mass is 9.91. The maximum Gasteiger partial charge on any atom is 0.121 e. The van der Waals surface area contributed by atoms with E-state index in [9.17, 15) is 0 Å². The van der Waals surface area contributed by atoms with Crippen LogP contribution in [-0.2, 0) is 0 Å². The van der Waals surface area contributed by atoms with Crippen molar-refractivity contribution in [1.29, 1.82) is 0 Å². The first kappa shape index (κ1) is 14.0. The standard InChI is InChI=1S/C15H25NO/c1-6-11(3)15(16-7-2)13-8-9-14(17-5)12(4)10-13/h8-11,15-16H,6-7H2,1-5H3. The summed E-state index contributed by atoms with van der Waals surface area (Å²) >= 11 is 0. The van der Waals surface area contributed by atoms with Gasteiger partial charge in [0.05, 0.1) is 7.11 Å². The van der Waals surface area contributed by atoms with E-state index >= 15 is 0 Å². The summed E-state index contributed by atoms with van der Waals surface area (Å²) in [5.41, 5.74) is 2.57. The number of methoxy groups -OCH3 is 1. The molecule has 0 saturated carbocycles. The highest BCUT2D eigenvalue weighted by atomic mass is 16.5. The summed E-state index contributed by atoms with van der Waals surface area (Å²) in [6.07, 6.45) is 1.18. The molecule has 0 bridgehead atoms. The number of ether oxygens (including phenoxy) is 1. The lowest BCUT2D eigenvalue weighted by Gasteiger charge is -2.25. The summed E-state index contributed by atoms with van der Waals surface area (Å²) in [6, 6.07) is 6.91.